The van der Waals surface area contributed by atoms with Crippen LogP contribution >= 0.6 is 0 Å². The van der Waals surface area contributed by atoms with E-state index >= 15 is 0 Å². The van der Waals surface area contributed by atoms with Gasteiger partial charge in [-0.25, -0.2) is 0 Å². The number of hydrogen-bond acceptors (Lipinski definition) is 3. The summed E-state index contributed by atoms with van der Waals surface area (Å²) in [5, 5.41) is 0. The smallest absolute Gasteiger partial charge is 0.313 e. The number of rotatable bonds is 5. The molecule has 1 fully saturated rings. The van der Waals surface area contributed by atoms with Crippen LogP contribution in [0.3, 0.4) is 0 Å². The summed E-state index contributed by atoms with van der Waals surface area (Å²) in [5.41, 5.74) is 0.442. The number of likely N-dealkylation sites (tertiary alicyclic amines) is 1. The van der Waals surface area contributed by atoms with Crippen molar-refractivity contribution in [3.05, 3.63) is 35.9 Å². The van der Waals surface area contributed by atoms with Crippen LogP contribution < -0.4 is 0 Å². The number of hydrogen-bond donors (Lipinski definition) is 0. The lowest BCUT2D eigenvalue weighted by molar-refractivity contribution is -0.156. The van der Waals surface area contributed by atoms with Crippen molar-refractivity contribution >= 4 is 5.97 Å². The first-order valence-electron chi connectivity index (χ1n) is 7.09. The average molecular weight is 279 g/mol. The highest BCUT2D eigenvalue weighted by atomic mass is 19.1. The second-order valence-electron chi connectivity index (χ2n) is 5.64. The van der Waals surface area contributed by atoms with Gasteiger partial charge in [0.05, 0.1) is 18.7 Å². The molecule has 1 aromatic carbocycles. The lowest BCUT2D eigenvalue weighted by Crippen LogP contribution is -2.38. The summed E-state index contributed by atoms with van der Waals surface area (Å²) in [6, 6.07) is 10.0. The Hall–Kier alpha value is -1.42. The molecule has 0 radical (unpaired) electrons. The molecule has 110 valence electrons. The molecule has 1 heterocycles. The summed E-state index contributed by atoms with van der Waals surface area (Å²) in [7, 11) is 0. The first kappa shape index (κ1) is 15.0. The normalized spacial score (nSPS) is 26.6. The molecular weight excluding hydrogens is 257 g/mol. The molecule has 0 spiro atoms. The molecule has 0 bridgehead atoms. The summed E-state index contributed by atoms with van der Waals surface area (Å²) < 4.78 is 18.4. The van der Waals surface area contributed by atoms with Crippen LogP contribution in [0.15, 0.2) is 30.3 Å². The number of carbonyl (C=O) groups excluding carboxylic acids is 1. The van der Waals surface area contributed by atoms with Crippen LogP contribution in [-0.4, -0.2) is 37.2 Å². The molecule has 0 aromatic heterocycles. The Kier molecular flexibility index (Phi) is 4.76. The van der Waals surface area contributed by atoms with Gasteiger partial charge in [0.15, 0.2) is 0 Å². The molecule has 0 saturated carbocycles. The molecule has 2 atom stereocenters. The van der Waals surface area contributed by atoms with E-state index in [9.17, 15) is 9.18 Å². The van der Waals surface area contributed by atoms with Crippen molar-refractivity contribution in [2.75, 3.05) is 26.4 Å². The van der Waals surface area contributed by atoms with Crippen LogP contribution in [0.25, 0.3) is 0 Å². The van der Waals surface area contributed by atoms with Crippen molar-refractivity contribution in [2.24, 2.45) is 11.3 Å². The van der Waals surface area contributed by atoms with Crippen LogP contribution in [-0.2, 0) is 16.1 Å². The molecule has 1 aliphatic rings. The van der Waals surface area contributed by atoms with Crippen molar-refractivity contribution in [1.29, 1.82) is 0 Å². The minimum atomic E-state index is -0.737. The molecule has 0 N–H and O–H groups in total. The van der Waals surface area contributed by atoms with Crippen molar-refractivity contribution < 1.29 is 13.9 Å². The lowest BCUT2D eigenvalue weighted by Gasteiger charge is -2.26. The van der Waals surface area contributed by atoms with Crippen molar-refractivity contribution in [3.8, 4) is 0 Å². The predicted molar refractivity (Wildman–Crippen MR) is 75.9 cm³/mol. The Morgan fingerprint density at radius 1 is 1.45 bits per heavy atom. The molecule has 0 aliphatic carbocycles. The van der Waals surface area contributed by atoms with Crippen molar-refractivity contribution in [2.45, 2.75) is 20.4 Å². The molecule has 2 rings (SSSR count). The lowest BCUT2D eigenvalue weighted by atomic mass is 9.81. The highest BCUT2D eigenvalue weighted by molar-refractivity contribution is 5.77. The second-order valence-corrected chi connectivity index (χ2v) is 5.64. The molecule has 3 nitrogen and oxygen atoms in total. The van der Waals surface area contributed by atoms with E-state index < -0.39 is 12.1 Å². The number of esters is 1. The summed E-state index contributed by atoms with van der Waals surface area (Å²) in [6.07, 6.45) is 0. The molecular formula is C16H22FNO2. The van der Waals surface area contributed by atoms with Crippen LogP contribution in [0.4, 0.5) is 4.39 Å². The number of ether oxygens (including phenoxy) is 1. The fourth-order valence-electron chi connectivity index (χ4n) is 2.88. The van der Waals surface area contributed by atoms with Crippen LogP contribution in [0.5, 0.6) is 0 Å². The SMILES string of the molecule is CCOC(=O)[C@]1(C)CN(Cc2ccccc2)C[C@H]1CF. The summed E-state index contributed by atoms with van der Waals surface area (Å²) >= 11 is 0. The van der Waals surface area contributed by atoms with E-state index in [-0.39, 0.29) is 11.9 Å². The zero-order valence-corrected chi connectivity index (χ0v) is 12.1. The van der Waals surface area contributed by atoms with E-state index in [4.69, 9.17) is 4.74 Å². The second kappa shape index (κ2) is 6.35. The van der Waals surface area contributed by atoms with Gasteiger partial charge in [-0.3, -0.25) is 14.1 Å². The van der Waals surface area contributed by atoms with Gasteiger partial charge in [-0.2, -0.15) is 0 Å². The Bertz CT molecular complexity index is 451. The summed E-state index contributed by atoms with van der Waals surface area (Å²) in [5.74, 6) is -0.566. The highest BCUT2D eigenvalue weighted by Crippen LogP contribution is 2.38. The monoisotopic (exact) mass is 279 g/mol. The van der Waals surface area contributed by atoms with Crippen molar-refractivity contribution in [1.82, 2.24) is 4.90 Å². The number of carbonyl (C=O) groups is 1. The summed E-state index contributed by atoms with van der Waals surface area (Å²) in [6.45, 7) is 5.34. The third-order valence-electron chi connectivity index (χ3n) is 4.11. The Morgan fingerprint density at radius 3 is 2.75 bits per heavy atom. The zero-order chi connectivity index (χ0) is 14.6. The Labute approximate surface area is 119 Å². The van der Waals surface area contributed by atoms with Gasteiger partial charge in [0.2, 0.25) is 0 Å². The molecule has 1 saturated heterocycles. The van der Waals surface area contributed by atoms with E-state index in [1.165, 1.54) is 5.56 Å². The highest BCUT2D eigenvalue weighted by Gasteiger charge is 2.49. The predicted octanol–water partition coefficient (Wildman–Crippen LogP) is 2.66. The number of nitrogens with zero attached hydrogens (tertiary/aromatic N) is 1. The first-order chi connectivity index (χ1) is 9.60. The maximum atomic E-state index is 13.3. The quantitative estimate of drug-likeness (QED) is 0.776. The van der Waals surface area contributed by atoms with Crippen LogP contribution in [0, 0.1) is 11.3 Å². The minimum Gasteiger partial charge on any atom is -0.466 e. The van der Waals surface area contributed by atoms with Gasteiger partial charge in [-0.1, -0.05) is 30.3 Å². The molecule has 1 aliphatic heterocycles. The fourth-order valence-corrected chi connectivity index (χ4v) is 2.88. The Balaban J connectivity index is 2.07. The van der Waals surface area contributed by atoms with Gasteiger partial charge in [-0.05, 0) is 19.4 Å². The third-order valence-corrected chi connectivity index (χ3v) is 4.11. The molecule has 1 aromatic rings. The van der Waals surface area contributed by atoms with Gasteiger partial charge < -0.3 is 4.74 Å². The third kappa shape index (κ3) is 3.01. The fraction of sp³-hybridized carbons (Fsp3) is 0.562. The largest absolute Gasteiger partial charge is 0.466 e. The maximum Gasteiger partial charge on any atom is 0.313 e. The molecule has 0 unspecified atom stereocenters. The van der Waals surface area contributed by atoms with Gasteiger partial charge in [0.25, 0.3) is 0 Å². The average Bonchev–Trinajstić information content (AvgIpc) is 2.77. The number of benzene rings is 1. The standard InChI is InChI=1S/C16H22FNO2/c1-3-20-15(19)16(2)12-18(11-14(16)9-17)10-13-7-5-4-6-8-13/h4-8,14H,3,9-12H2,1-2H3/t14-,16-/m1/s1. The zero-order valence-electron chi connectivity index (χ0n) is 12.1. The first-order valence-corrected chi connectivity index (χ1v) is 7.09. The topological polar surface area (TPSA) is 29.5 Å². The number of halogens is 1. The number of alkyl halides is 1. The van der Waals surface area contributed by atoms with E-state index in [1.54, 1.807) is 6.92 Å². The molecule has 4 heteroatoms. The van der Waals surface area contributed by atoms with E-state index in [2.05, 4.69) is 4.90 Å². The van der Waals surface area contributed by atoms with Gasteiger partial charge >= 0.3 is 5.97 Å². The van der Waals surface area contributed by atoms with Gasteiger partial charge in [0, 0.05) is 25.6 Å². The van der Waals surface area contributed by atoms with Gasteiger partial charge in [-0.15, -0.1) is 0 Å². The molecule has 20 heavy (non-hydrogen) atoms. The maximum absolute atomic E-state index is 13.3. The van der Waals surface area contributed by atoms with E-state index in [1.807, 2.05) is 37.3 Å². The Morgan fingerprint density at radius 2 is 2.15 bits per heavy atom. The summed E-state index contributed by atoms with van der Waals surface area (Å²) in [4.78, 5) is 14.3. The molecule has 0 amide bonds. The van der Waals surface area contributed by atoms with E-state index in [0.717, 1.165) is 6.54 Å². The van der Waals surface area contributed by atoms with E-state index in [0.29, 0.717) is 19.7 Å². The minimum absolute atomic E-state index is 0.279. The van der Waals surface area contributed by atoms with Gasteiger partial charge in [0.1, 0.15) is 0 Å². The van der Waals surface area contributed by atoms with Crippen LogP contribution in [0.1, 0.15) is 19.4 Å². The van der Waals surface area contributed by atoms with Crippen molar-refractivity contribution in [3.63, 3.8) is 0 Å². The van der Waals surface area contributed by atoms with Crippen LogP contribution in [0.2, 0.25) is 0 Å².